The molecule has 0 aromatic heterocycles. The van der Waals surface area contributed by atoms with Gasteiger partial charge in [-0.3, -0.25) is 4.79 Å². The maximum atomic E-state index is 13.9. The highest BCUT2D eigenvalue weighted by atomic mass is 79.9. The minimum atomic E-state index is -0.799. The highest BCUT2D eigenvalue weighted by Gasteiger charge is 2.42. The SMILES string of the molecule is CC1CCCC(Cc2ccc(Br)cc2F)(C(=O)O)C1. The van der Waals surface area contributed by atoms with Crippen molar-refractivity contribution in [2.75, 3.05) is 0 Å². The van der Waals surface area contributed by atoms with E-state index in [4.69, 9.17) is 0 Å². The van der Waals surface area contributed by atoms with E-state index in [-0.39, 0.29) is 12.2 Å². The lowest BCUT2D eigenvalue weighted by Gasteiger charge is -2.36. The van der Waals surface area contributed by atoms with Crippen LogP contribution in [0.4, 0.5) is 4.39 Å². The van der Waals surface area contributed by atoms with Crippen LogP contribution >= 0.6 is 15.9 Å². The summed E-state index contributed by atoms with van der Waals surface area (Å²) in [4.78, 5) is 11.7. The summed E-state index contributed by atoms with van der Waals surface area (Å²) < 4.78 is 14.6. The number of carbonyl (C=O) groups is 1. The molecule has 19 heavy (non-hydrogen) atoms. The van der Waals surface area contributed by atoms with Gasteiger partial charge in [0, 0.05) is 4.47 Å². The molecular weight excluding hydrogens is 311 g/mol. The van der Waals surface area contributed by atoms with Crippen LogP contribution in [-0.2, 0) is 11.2 Å². The maximum Gasteiger partial charge on any atom is 0.309 e. The fraction of sp³-hybridized carbons (Fsp3) is 0.533. The number of carboxylic acid groups (broad SMARTS) is 1. The normalized spacial score (nSPS) is 27.2. The third-order valence-corrected chi connectivity index (χ3v) is 4.58. The second-order valence-electron chi connectivity index (χ2n) is 5.70. The van der Waals surface area contributed by atoms with Crippen molar-refractivity contribution in [3.05, 3.63) is 34.1 Å². The molecule has 1 N–H and O–H groups in total. The number of aliphatic carboxylic acids is 1. The Morgan fingerprint density at radius 3 is 2.89 bits per heavy atom. The summed E-state index contributed by atoms with van der Waals surface area (Å²) in [7, 11) is 0. The molecular formula is C15H18BrFO2. The Kier molecular flexibility index (Phi) is 4.29. The van der Waals surface area contributed by atoms with Crippen LogP contribution in [0.2, 0.25) is 0 Å². The van der Waals surface area contributed by atoms with Crippen molar-refractivity contribution in [3.8, 4) is 0 Å². The Hall–Kier alpha value is -0.900. The van der Waals surface area contributed by atoms with Gasteiger partial charge in [0.1, 0.15) is 5.82 Å². The summed E-state index contributed by atoms with van der Waals surface area (Å²) in [5.41, 5.74) is -0.300. The summed E-state index contributed by atoms with van der Waals surface area (Å²) in [6.07, 6.45) is 3.54. The smallest absolute Gasteiger partial charge is 0.309 e. The molecule has 1 aromatic rings. The van der Waals surface area contributed by atoms with Gasteiger partial charge in [-0.15, -0.1) is 0 Å². The lowest BCUT2D eigenvalue weighted by Crippen LogP contribution is -2.38. The average Bonchev–Trinajstić information content (AvgIpc) is 2.33. The fourth-order valence-corrected chi connectivity index (χ4v) is 3.45. The zero-order valence-corrected chi connectivity index (χ0v) is 12.5. The van der Waals surface area contributed by atoms with Crippen molar-refractivity contribution in [1.82, 2.24) is 0 Å². The van der Waals surface area contributed by atoms with Gasteiger partial charge in [-0.2, -0.15) is 0 Å². The fourth-order valence-electron chi connectivity index (χ4n) is 3.12. The number of halogens is 2. The molecule has 1 saturated carbocycles. The number of hydrogen-bond donors (Lipinski definition) is 1. The molecule has 0 bridgehead atoms. The molecule has 2 rings (SSSR count). The van der Waals surface area contributed by atoms with Gasteiger partial charge in [0.15, 0.2) is 0 Å². The predicted octanol–water partition coefficient (Wildman–Crippen LogP) is 4.41. The van der Waals surface area contributed by atoms with Crippen LogP contribution in [0.1, 0.15) is 38.2 Å². The first-order valence-electron chi connectivity index (χ1n) is 6.60. The van der Waals surface area contributed by atoms with E-state index >= 15 is 0 Å². The summed E-state index contributed by atoms with van der Waals surface area (Å²) in [5.74, 6) is -0.724. The first kappa shape index (κ1) is 14.5. The molecule has 1 aromatic carbocycles. The van der Waals surface area contributed by atoms with Crippen molar-refractivity contribution in [2.45, 2.75) is 39.0 Å². The lowest BCUT2D eigenvalue weighted by atomic mass is 9.67. The van der Waals surface area contributed by atoms with Crippen LogP contribution in [0, 0.1) is 17.2 Å². The van der Waals surface area contributed by atoms with Gasteiger partial charge in [0.05, 0.1) is 5.41 Å². The zero-order valence-electron chi connectivity index (χ0n) is 11.0. The van der Waals surface area contributed by atoms with Crippen molar-refractivity contribution < 1.29 is 14.3 Å². The molecule has 4 heteroatoms. The predicted molar refractivity (Wildman–Crippen MR) is 75.5 cm³/mol. The van der Waals surface area contributed by atoms with Gasteiger partial charge in [0.2, 0.25) is 0 Å². The summed E-state index contributed by atoms with van der Waals surface area (Å²) in [6, 6.07) is 4.85. The number of rotatable bonds is 3. The second-order valence-corrected chi connectivity index (χ2v) is 6.62. The highest BCUT2D eigenvalue weighted by Crippen LogP contribution is 2.42. The van der Waals surface area contributed by atoms with Crippen LogP contribution in [-0.4, -0.2) is 11.1 Å². The number of benzene rings is 1. The number of hydrogen-bond acceptors (Lipinski definition) is 1. The molecule has 0 aliphatic heterocycles. The summed E-state index contributed by atoms with van der Waals surface area (Å²) in [6.45, 7) is 2.08. The first-order chi connectivity index (χ1) is 8.93. The monoisotopic (exact) mass is 328 g/mol. The molecule has 0 heterocycles. The van der Waals surface area contributed by atoms with Gasteiger partial charge in [-0.1, -0.05) is 41.8 Å². The van der Waals surface area contributed by atoms with E-state index in [1.54, 1.807) is 12.1 Å². The third kappa shape index (κ3) is 3.16. The Labute approximate surface area is 121 Å². The molecule has 1 aliphatic rings. The van der Waals surface area contributed by atoms with Gasteiger partial charge in [-0.05, 0) is 42.9 Å². The molecule has 1 aliphatic carbocycles. The Balaban J connectivity index is 2.28. The Morgan fingerprint density at radius 1 is 1.58 bits per heavy atom. The lowest BCUT2D eigenvalue weighted by molar-refractivity contribution is -0.152. The van der Waals surface area contributed by atoms with Crippen LogP contribution in [0.3, 0.4) is 0 Å². The van der Waals surface area contributed by atoms with Crippen LogP contribution in [0.25, 0.3) is 0 Å². The van der Waals surface area contributed by atoms with E-state index in [1.807, 2.05) is 0 Å². The maximum absolute atomic E-state index is 13.9. The van der Waals surface area contributed by atoms with Crippen molar-refractivity contribution in [1.29, 1.82) is 0 Å². The molecule has 0 saturated heterocycles. The van der Waals surface area contributed by atoms with Crippen LogP contribution < -0.4 is 0 Å². The minimum absolute atomic E-state index is 0.284. The van der Waals surface area contributed by atoms with E-state index in [9.17, 15) is 14.3 Å². The van der Waals surface area contributed by atoms with Gasteiger partial charge in [0.25, 0.3) is 0 Å². The molecule has 2 unspecified atom stereocenters. The molecule has 0 spiro atoms. The van der Waals surface area contributed by atoms with Gasteiger partial charge < -0.3 is 5.11 Å². The van der Waals surface area contributed by atoms with E-state index < -0.39 is 11.4 Å². The first-order valence-corrected chi connectivity index (χ1v) is 7.39. The van der Waals surface area contributed by atoms with E-state index in [0.717, 1.165) is 12.8 Å². The van der Waals surface area contributed by atoms with Crippen LogP contribution in [0.15, 0.2) is 22.7 Å². The van der Waals surface area contributed by atoms with Crippen LogP contribution in [0.5, 0.6) is 0 Å². The standard InChI is InChI=1S/C15H18BrFO2/c1-10-3-2-6-15(8-10,14(18)19)9-11-4-5-12(16)7-13(11)17/h4-5,7,10H,2-3,6,8-9H2,1H3,(H,18,19). The molecule has 2 nitrogen and oxygen atoms in total. The molecule has 1 fully saturated rings. The summed E-state index contributed by atoms with van der Waals surface area (Å²) >= 11 is 3.22. The highest BCUT2D eigenvalue weighted by molar-refractivity contribution is 9.10. The second kappa shape index (κ2) is 5.61. The van der Waals surface area contributed by atoms with Crippen molar-refractivity contribution in [2.24, 2.45) is 11.3 Å². The number of carboxylic acids is 1. The van der Waals surface area contributed by atoms with E-state index in [1.165, 1.54) is 6.07 Å². The summed E-state index contributed by atoms with van der Waals surface area (Å²) in [5, 5.41) is 9.58. The quantitative estimate of drug-likeness (QED) is 0.892. The van der Waals surface area contributed by atoms with E-state index in [0.29, 0.717) is 28.8 Å². The zero-order chi connectivity index (χ0) is 14.0. The molecule has 2 atom stereocenters. The van der Waals surface area contributed by atoms with Gasteiger partial charge >= 0.3 is 5.97 Å². The van der Waals surface area contributed by atoms with E-state index in [2.05, 4.69) is 22.9 Å². The average molecular weight is 329 g/mol. The Bertz CT molecular complexity index is 489. The topological polar surface area (TPSA) is 37.3 Å². The van der Waals surface area contributed by atoms with Crippen molar-refractivity contribution in [3.63, 3.8) is 0 Å². The van der Waals surface area contributed by atoms with Crippen molar-refractivity contribution >= 4 is 21.9 Å². The molecule has 0 amide bonds. The molecule has 0 radical (unpaired) electrons. The third-order valence-electron chi connectivity index (χ3n) is 4.09. The minimum Gasteiger partial charge on any atom is -0.481 e. The van der Waals surface area contributed by atoms with Gasteiger partial charge in [-0.25, -0.2) is 4.39 Å². The Morgan fingerprint density at radius 2 is 2.32 bits per heavy atom. The molecule has 104 valence electrons. The largest absolute Gasteiger partial charge is 0.481 e.